The molecular formula is C10H13BrN2O2. The lowest BCUT2D eigenvalue weighted by Gasteiger charge is -2.22. The molecule has 0 saturated heterocycles. The van der Waals surface area contributed by atoms with Crippen molar-refractivity contribution in [2.24, 2.45) is 0 Å². The minimum Gasteiger partial charge on any atom is -0.480 e. The van der Waals surface area contributed by atoms with E-state index in [0.717, 1.165) is 10.2 Å². The van der Waals surface area contributed by atoms with Crippen LogP contribution in [0.15, 0.2) is 16.6 Å². The lowest BCUT2D eigenvalue weighted by Crippen LogP contribution is -2.36. The number of carboxylic acid groups (broad SMARTS) is 1. The van der Waals surface area contributed by atoms with Gasteiger partial charge < -0.3 is 10.0 Å². The summed E-state index contributed by atoms with van der Waals surface area (Å²) in [6, 6.07) is 3.07. The van der Waals surface area contributed by atoms with Crippen LogP contribution in [0.5, 0.6) is 0 Å². The van der Waals surface area contributed by atoms with Crippen molar-refractivity contribution >= 4 is 27.7 Å². The Morgan fingerprint density at radius 1 is 1.60 bits per heavy atom. The number of aryl methyl sites for hydroxylation is 1. The highest BCUT2D eigenvalue weighted by molar-refractivity contribution is 9.10. The number of rotatable bonds is 3. The summed E-state index contributed by atoms with van der Waals surface area (Å²) >= 11 is 3.35. The lowest BCUT2D eigenvalue weighted by atomic mass is 10.3. The first-order chi connectivity index (χ1) is 6.93. The highest BCUT2D eigenvalue weighted by atomic mass is 79.9. The second-order valence-corrected chi connectivity index (χ2v) is 4.22. The van der Waals surface area contributed by atoms with Crippen LogP contribution in [0, 0.1) is 6.92 Å². The molecule has 15 heavy (non-hydrogen) atoms. The standard InChI is InChI=1S/C10H13BrN2O2/c1-6-8(11)4-5-9(12-6)13(3)7(2)10(14)15/h4-5,7H,1-3H3,(H,14,15). The van der Waals surface area contributed by atoms with Crippen LogP contribution in [0.4, 0.5) is 5.82 Å². The number of nitrogens with zero attached hydrogens (tertiary/aromatic N) is 2. The first-order valence-corrected chi connectivity index (χ1v) is 5.31. The Balaban J connectivity index is 2.96. The highest BCUT2D eigenvalue weighted by Gasteiger charge is 2.18. The minimum atomic E-state index is -0.861. The molecule has 0 bridgehead atoms. The molecule has 1 atom stereocenters. The van der Waals surface area contributed by atoms with Gasteiger partial charge in [0.15, 0.2) is 0 Å². The first kappa shape index (κ1) is 12.0. The molecule has 0 aliphatic heterocycles. The van der Waals surface area contributed by atoms with Crippen molar-refractivity contribution < 1.29 is 9.90 Å². The van der Waals surface area contributed by atoms with E-state index in [1.54, 1.807) is 24.9 Å². The summed E-state index contributed by atoms with van der Waals surface area (Å²) in [5, 5.41) is 8.86. The van der Waals surface area contributed by atoms with E-state index in [1.165, 1.54) is 0 Å². The van der Waals surface area contributed by atoms with Gasteiger partial charge >= 0.3 is 5.97 Å². The summed E-state index contributed by atoms with van der Waals surface area (Å²) in [6.07, 6.45) is 0. The summed E-state index contributed by atoms with van der Waals surface area (Å²) in [7, 11) is 1.72. The number of likely N-dealkylation sites (N-methyl/N-ethyl adjacent to an activating group) is 1. The Kier molecular flexibility index (Phi) is 3.68. The fourth-order valence-electron chi connectivity index (χ4n) is 1.09. The molecule has 1 rings (SSSR count). The van der Waals surface area contributed by atoms with Gasteiger partial charge in [0, 0.05) is 11.5 Å². The molecule has 0 saturated carbocycles. The maximum absolute atomic E-state index is 10.8. The summed E-state index contributed by atoms with van der Waals surface area (Å²) in [4.78, 5) is 16.7. The van der Waals surface area contributed by atoms with E-state index in [2.05, 4.69) is 20.9 Å². The van der Waals surface area contributed by atoms with Gasteiger partial charge in [0.2, 0.25) is 0 Å². The highest BCUT2D eigenvalue weighted by Crippen LogP contribution is 2.19. The van der Waals surface area contributed by atoms with E-state index in [9.17, 15) is 4.79 Å². The predicted molar refractivity (Wildman–Crippen MR) is 62.2 cm³/mol. The Morgan fingerprint density at radius 2 is 2.20 bits per heavy atom. The quantitative estimate of drug-likeness (QED) is 0.915. The molecule has 0 spiro atoms. The predicted octanol–water partition coefficient (Wildman–Crippen LogP) is 2.06. The number of hydrogen-bond acceptors (Lipinski definition) is 3. The average molecular weight is 273 g/mol. The number of hydrogen-bond donors (Lipinski definition) is 1. The first-order valence-electron chi connectivity index (χ1n) is 4.52. The van der Waals surface area contributed by atoms with Gasteiger partial charge in [-0.05, 0) is 41.9 Å². The van der Waals surface area contributed by atoms with Crippen molar-refractivity contribution in [1.82, 2.24) is 4.98 Å². The number of pyridine rings is 1. The summed E-state index contributed by atoms with van der Waals surface area (Å²) in [6.45, 7) is 3.49. The molecular weight excluding hydrogens is 260 g/mol. The van der Waals surface area contributed by atoms with Crippen LogP contribution in [0.25, 0.3) is 0 Å². The smallest absolute Gasteiger partial charge is 0.326 e. The number of halogens is 1. The van der Waals surface area contributed by atoms with Crippen LogP contribution >= 0.6 is 15.9 Å². The SMILES string of the molecule is Cc1nc(N(C)C(C)C(=O)O)ccc1Br. The number of aliphatic carboxylic acids is 1. The third-order valence-corrected chi connectivity index (χ3v) is 3.14. The molecule has 0 aliphatic rings. The molecule has 0 aliphatic carbocycles. The topological polar surface area (TPSA) is 53.4 Å². The molecule has 0 amide bonds. The molecule has 0 fully saturated rings. The molecule has 0 aromatic carbocycles. The summed E-state index contributed by atoms with van der Waals surface area (Å²) < 4.78 is 0.919. The molecule has 1 unspecified atom stereocenters. The van der Waals surface area contributed by atoms with E-state index in [0.29, 0.717) is 5.82 Å². The van der Waals surface area contributed by atoms with Crippen molar-refractivity contribution in [3.63, 3.8) is 0 Å². The van der Waals surface area contributed by atoms with Crippen molar-refractivity contribution in [3.8, 4) is 0 Å². The summed E-state index contributed by atoms with van der Waals surface area (Å²) in [5.74, 6) is -0.203. The Bertz CT molecular complexity index is 382. The molecule has 1 N–H and O–H groups in total. The van der Waals surface area contributed by atoms with Crippen LogP contribution in [0.3, 0.4) is 0 Å². The number of carboxylic acids is 1. The van der Waals surface area contributed by atoms with E-state index < -0.39 is 12.0 Å². The Hall–Kier alpha value is -1.10. The van der Waals surface area contributed by atoms with Crippen LogP contribution in [0.1, 0.15) is 12.6 Å². The molecule has 0 radical (unpaired) electrons. The molecule has 5 heteroatoms. The zero-order valence-corrected chi connectivity index (χ0v) is 10.4. The van der Waals surface area contributed by atoms with E-state index in [-0.39, 0.29) is 0 Å². The monoisotopic (exact) mass is 272 g/mol. The largest absolute Gasteiger partial charge is 0.480 e. The fraction of sp³-hybridized carbons (Fsp3) is 0.400. The van der Waals surface area contributed by atoms with E-state index >= 15 is 0 Å². The van der Waals surface area contributed by atoms with E-state index in [4.69, 9.17) is 5.11 Å². The van der Waals surface area contributed by atoms with Crippen LogP contribution < -0.4 is 4.90 Å². The van der Waals surface area contributed by atoms with Crippen molar-refractivity contribution in [2.45, 2.75) is 19.9 Å². The minimum absolute atomic E-state index is 0.585. The Labute approximate surface area is 97.1 Å². The van der Waals surface area contributed by atoms with Crippen molar-refractivity contribution in [3.05, 3.63) is 22.3 Å². The van der Waals surface area contributed by atoms with Crippen molar-refractivity contribution in [1.29, 1.82) is 0 Å². The third kappa shape index (κ3) is 2.68. The molecule has 1 aromatic rings. The van der Waals surface area contributed by atoms with Crippen LogP contribution in [0.2, 0.25) is 0 Å². The van der Waals surface area contributed by atoms with Gasteiger partial charge in [0.1, 0.15) is 11.9 Å². The Morgan fingerprint density at radius 3 is 2.67 bits per heavy atom. The third-order valence-electron chi connectivity index (χ3n) is 2.31. The van der Waals surface area contributed by atoms with Gasteiger partial charge in [-0.2, -0.15) is 0 Å². The molecule has 1 aromatic heterocycles. The maximum Gasteiger partial charge on any atom is 0.326 e. The van der Waals surface area contributed by atoms with E-state index in [1.807, 2.05) is 13.0 Å². The second kappa shape index (κ2) is 4.61. The van der Waals surface area contributed by atoms with Crippen molar-refractivity contribution in [2.75, 3.05) is 11.9 Å². The van der Waals surface area contributed by atoms with Gasteiger partial charge in [-0.1, -0.05) is 0 Å². The number of anilines is 1. The molecule has 82 valence electrons. The molecule has 4 nitrogen and oxygen atoms in total. The maximum atomic E-state index is 10.8. The van der Waals surface area contributed by atoms with Crippen LogP contribution in [-0.2, 0) is 4.79 Å². The summed E-state index contributed by atoms with van der Waals surface area (Å²) in [5.41, 5.74) is 0.844. The van der Waals surface area contributed by atoms with Gasteiger partial charge in [-0.25, -0.2) is 9.78 Å². The van der Waals surface area contributed by atoms with Gasteiger partial charge in [-0.15, -0.1) is 0 Å². The average Bonchev–Trinajstić information content (AvgIpc) is 2.19. The normalized spacial score (nSPS) is 12.3. The fourth-order valence-corrected chi connectivity index (χ4v) is 1.31. The number of aromatic nitrogens is 1. The second-order valence-electron chi connectivity index (χ2n) is 3.36. The van der Waals surface area contributed by atoms with Gasteiger partial charge in [0.05, 0.1) is 5.69 Å². The van der Waals surface area contributed by atoms with Gasteiger partial charge in [0.25, 0.3) is 0 Å². The number of carbonyl (C=O) groups is 1. The van der Waals surface area contributed by atoms with Gasteiger partial charge in [-0.3, -0.25) is 0 Å². The zero-order chi connectivity index (χ0) is 11.6. The molecule has 1 heterocycles. The zero-order valence-electron chi connectivity index (χ0n) is 8.86. The lowest BCUT2D eigenvalue weighted by molar-refractivity contribution is -0.138. The van der Waals surface area contributed by atoms with Crippen LogP contribution in [-0.4, -0.2) is 29.1 Å².